The molecule has 5 heteroatoms. The predicted molar refractivity (Wildman–Crippen MR) is 69.7 cm³/mol. The van der Waals surface area contributed by atoms with Gasteiger partial charge in [0.15, 0.2) is 0 Å². The summed E-state index contributed by atoms with van der Waals surface area (Å²) in [6, 6.07) is 3.87. The Morgan fingerprint density at radius 1 is 1.41 bits per heavy atom. The van der Waals surface area contributed by atoms with Gasteiger partial charge >= 0.3 is 0 Å². The highest BCUT2D eigenvalue weighted by atomic mass is 79.9. The quantitative estimate of drug-likeness (QED) is 0.591. The van der Waals surface area contributed by atoms with Gasteiger partial charge in [0.25, 0.3) is 5.91 Å². The Bertz CT molecular complexity index is 418. The van der Waals surface area contributed by atoms with E-state index in [1.807, 2.05) is 13.8 Å². The van der Waals surface area contributed by atoms with E-state index in [1.165, 1.54) is 18.2 Å². The summed E-state index contributed by atoms with van der Waals surface area (Å²) in [4.78, 5) is 11.9. The van der Waals surface area contributed by atoms with E-state index in [9.17, 15) is 15.0 Å². The number of hydrogen-bond acceptors (Lipinski definition) is 3. The van der Waals surface area contributed by atoms with E-state index >= 15 is 0 Å². The Hall–Kier alpha value is -1.23. The molecule has 0 atom stereocenters. The number of carbonyl (C=O) groups excluding carboxylic acids is 1. The Balaban J connectivity index is 2.86. The molecule has 1 aromatic rings. The minimum atomic E-state index is -0.399. The van der Waals surface area contributed by atoms with E-state index in [4.69, 9.17) is 0 Å². The molecule has 17 heavy (non-hydrogen) atoms. The van der Waals surface area contributed by atoms with Crippen LogP contribution < -0.4 is 5.32 Å². The SMILES string of the molecule is CC(C)(CCBr)NC(=O)c1cc(O)ccc1O. The molecule has 0 radical (unpaired) electrons. The van der Waals surface area contributed by atoms with E-state index in [0.717, 1.165) is 11.8 Å². The van der Waals surface area contributed by atoms with Crippen molar-refractivity contribution in [3.05, 3.63) is 23.8 Å². The number of nitrogens with one attached hydrogen (secondary N) is 1. The largest absolute Gasteiger partial charge is 0.508 e. The van der Waals surface area contributed by atoms with Gasteiger partial charge in [-0.15, -0.1) is 0 Å². The second-order valence-electron chi connectivity index (χ2n) is 4.48. The fourth-order valence-electron chi connectivity index (χ4n) is 1.38. The lowest BCUT2D eigenvalue weighted by atomic mass is 10.0. The Kier molecular flexibility index (Phi) is 4.40. The summed E-state index contributed by atoms with van der Waals surface area (Å²) >= 11 is 3.32. The van der Waals surface area contributed by atoms with Crippen molar-refractivity contribution in [3.8, 4) is 11.5 Å². The minimum Gasteiger partial charge on any atom is -0.508 e. The molecule has 1 rings (SSSR count). The smallest absolute Gasteiger partial charge is 0.255 e. The molecule has 0 aliphatic heterocycles. The monoisotopic (exact) mass is 301 g/mol. The maximum absolute atomic E-state index is 11.9. The molecular formula is C12H16BrNO3. The minimum absolute atomic E-state index is 0.0498. The van der Waals surface area contributed by atoms with Gasteiger partial charge in [-0.25, -0.2) is 0 Å². The number of amides is 1. The first-order valence-electron chi connectivity index (χ1n) is 5.26. The Morgan fingerprint density at radius 2 is 2.06 bits per heavy atom. The lowest BCUT2D eigenvalue weighted by Crippen LogP contribution is -2.43. The summed E-state index contributed by atoms with van der Waals surface area (Å²) < 4.78 is 0. The lowest BCUT2D eigenvalue weighted by molar-refractivity contribution is 0.0908. The van der Waals surface area contributed by atoms with Gasteiger partial charge in [0.2, 0.25) is 0 Å². The van der Waals surface area contributed by atoms with Gasteiger partial charge in [-0.05, 0) is 38.5 Å². The molecule has 0 spiro atoms. The van der Waals surface area contributed by atoms with Crippen molar-refractivity contribution in [2.24, 2.45) is 0 Å². The first-order chi connectivity index (χ1) is 7.85. The number of halogens is 1. The number of carbonyl (C=O) groups is 1. The summed E-state index contributed by atoms with van der Waals surface area (Å²) in [5.41, 5.74) is -0.300. The molecule has 0 heterocycles. The molecule has 0 bridgehead atoms. The van der Waals surface area contributed by atoms with Crippen LogP contribution in [0.1, 0.15) is 30.6 Å². The molecule has 0 saturated heterocycles. The summed E-state index contributed by atoms with van der Waals surface area (Å²) in [7, 11) is 0. The van der Waals surface area contributed by atoms with E-state index in [1.54, 1.807) is 0 Å². The van der Waals surface area contributed by atoms with Gasteiger partial charge in [0, 0.05) is 10.9 Å². The van der Waals surface area contributed by atoms with Crippen LogP contribution in [0.15, 0.2) is 18.2 Å². The van der Waals surface area contributed by atoms with E-state index in [0.29, 0.717) is 0 Å². The van der Waals surface area contributed by atoms with Crippen LogP contribution in [-0.4, -0.2) is 27.0 Å². The van der Waals surface area contributed by atoms with Crippen LogP contribution in [0.5, 0.6) is 11.5 Å². The van der Waals surface area contributed by atoms with Crippen LogP contribution in [0, 0.1) is 0 Å². The predicted octanol–water partition coefficient (Wildman–Crippen LogP) is 2.39. The highest BCUT2D eigenvalue weighted by Crippen LogP contribution is 2.23. The summed E-state index contributed by atoms with van der Waals surface area (Å²) in [6.45, 7) is 3.79. The van der Waals surface area contributed by atoms with E-state index in [-0.39, 0.29) is 22.6 Å². The summed E-state index contributed by atoms with van der Waals surface area (Å²) in [5, 5.41) is 22.4. The summed E-state index contributed by atoms with van der Waals surface area (Å²) in [6.07, 6.45) is 0.762. The highest BCUT2D eigenvalue weighted by Gasteiger charge is 2.22. The number of aromatic hydroxyl groups is 2. The normalized spacial score (nSPS) is 11.2. The molecule has 0 aliphatic rings. The van der Waals surface area contributed by atoms with Crippen molar-refractivity contribution in [2.75, 3.05) is 5.33 Å². The Morgan fingerprint density at radius 3 is 2.65 bits per heavy atom. The lowest BCUT2D eigenvalue weighted by Gasteiger charge is -2.25. The third-order valence-electron chi connectivity index (χ3n) is 2.40. The van der Waals surface area contributed by atoms with Gasteiger partial charge in [-0.1, -0.05) is 15.9 Å². The van der Waals surface area contributed by atoms with Crippen LogP contribution >= 0.6 is 15.9 Å². The van der Waals surface area contributed by atoms with Crippen LogP contribution in [0.25, 0.3) is 0 Å². The van der Waals surface area contributed by atoms with Gasteiger partial charge in [-0.2, -0.15) is 0 Å². The zero-order valence-corrected chi connectivity index (χ0v) is 11.4. The van der Waals surface area contributed by atoms with Crippen molar-refractivity contribution in [2.45, 2.75) is 25.8 Å². The number of hydrogen-bond donors (Lipinski definition) is 3. The summed E-state index contributed by atoms with van der Waals surface area (Å²) in [5.74, 6) is -0.592. The number of benzene rings is 1. The van der Waals surface area contributed by atoms with Crippen molar-refractivity contribution in [1.82, 2.24) is 5.32 Å². The third kappa shape index (κ3) is 3.93. The molecule has 0 aliphatic carbocycles. The molecule has 94 valence electrons. The topological polar surface area (TPSA) is 69.6 Å². The van der Waals surface area contributed by atoms with Gasteiger partial charge < -0.3 is 15.5 Å². The molecule has 0 fully saturated rings. The van der Waals surface area contributed by atoms with Gasteiger partial charge in [0.1, 0.15) is 11.5 Å². The second kappa shape index (κ2) is 5.40. The van der Waals surface area contributed by atoms with Gasteiger partial charge in [0.05, 0.1) is 5.56 Å². The number of alkyl halides is 1. The second-order valence-corrected chi connectivity index (χ2v) is 5.27. The fraction of sp³-hybridized carbons (Fsp3) is 0.417. The molecule has 4 nitrogen and oxygen atoms in total. The molecule has 1 amide bonds. The fourth-order valence-corrected chi connectivity index (χ4v) is 2.37. The van der Waals surface area contributed by atoms with Crippen LogP contribution in [0.3, 0.4) is 0 Å². The van der Waals surface area contributed by atoms with E-state index in [2.05, 4.69) is 21.2 Å². The molecule has 0 aromatic heterocycles. The maximum Gasteiger partial charge on any atom is 0.255 e. The number of phenols is 2. The molecule has 1 aromatic carbocycles. The van der Waals surface area contributed by atoms with Gasteiger partial charge in [-0.3, -0.25) is 4.79 Å². The standard InChI is InChI=1S/C12H16BrNO3/c1-12(2,5-6-13)14-11(17)9-7-8(15)3-4-10(9)16/h3-4,7,15-16H,5-6H2,1-2H3,(H,14,17). The Labute approximate surface area is 109 Å². The van der Waals surface area contributed by atoms with Crippen molar-refractivity contribution in [3.63, 3.8) is 0 Å². The van der Waals surface area contributed by atoms with Crippen molar-refractivity contribution < 1.29 is 15.0 Å². The van der Waals surface area contributed by atoms with Crippen LogP contribution in [0.2, 0.25) is 0 Å². The van der Waals surface area contributed by atoms with Crippen LogP contribution in [0.4, 0.5) is 0 Å². The molecule has 3 N–H and O–H groups in total. The molecule has 0 unspecified atom stereocenters. The first kappa shape index (κ1) is 13.8. The van der Waals surface area contributed by atoms with Crippen LogP contribution in [-0.2, 0) is 0 Å². The van der Waals surface area contributed by atoms with E-state index < -0.39 is 5.91 Å². The first-order valence-corrected chi connectivity index (χ1v) is 6.38. The zero-order chi connectivity index (χ0) is 13.1. The third-order valence-corrected chi connectivity index (χ3v) is 2.79. The molecule has 0 saturated carbocycles. The van der Waals surface area contributed by atoms with Crippen molar-refractivity contribution >= 4 is 21.8 Å². The highest BCUT2D eigenvalue weighted by molar-refractivity contribution is 9.09. The average molecular weight is 302 g/mol. The molecular weight excluding hydrogens is 286 g/mol. The zero-order valence-electron chi connectivity index (χ0n) is 9.83. The number of phenolic OH excluding ortho intramolecular Hbond substituents is 2. The maximum atomic E-state index is 11.9. The van der Waals surface area contributed by atoms with Crippen molar-refractivity contribution in [1.29, 1.82) is 0 Å². The number of rotatable bonds is 4. The average Bonchev–Trinajstić information content (AvgIpc) is 2.20.